The normalized spacial score (nSPS) is 21.0. The lowest BCUT2D eigenvalue weighted by Crippen LogP contribution is -2.31. The molecule has 1 aliphatic rings. The molecule has 0 heterocycles. The standard InChI is InChI=1S/C19H24ClNO4S/c20-17-9-6-15(7-10-17)12-13-26(24,25)21-18-11-8-16(14-18)4-2-1-3-5-19(22)23/h2,4,6-7,9-10,12-13,16,18,21H,1,3,5,8,11,14H2,(H,22,23). The molecule has 0 spiro atoms. The molecule has 0 aromatic heterocycles. The smallest absolute Gasteiger partial charge is 0.303 e. The lowest BCUT2D eigenvalue weighted by Gasteiger charge is -2.10. The minimum Gasteiger partial charge on any atom is -0.481 e. The first-order valence-electron chi connectivity index (χ1n) is 8.68. The molecule has 1 fully saturated rings. The molecule has 2 rings (SSSR count). The molecule has 7 heteroatoms. The van der Waals surface area contributed by atoms with Gasteiger partial charge < -0.3 is 5.11 Å². The van der Waals surface area contributed by atoms with Crippen molar-refractivity contribution in [3.8, 4) is 0 Å². The molecule has 2 atom stereocenters. The first kappa shape index (κ1) is 20.7. The zero-order chi connectivity index (χ0) is 19.0. The van der Waals surface area contributed by atoms with Crippen molar-refractivity contribution in [2.45, 2.75) is 44.6 Å². The van der Waals surface area contributed by atoms with E-state index < -0.39 is 16.0 Å². The van der Waals surface area contributed by atoms with Gasteiger partial charge in [0.05, 0.1) is 0 Å². The van der Waals surface area contributed by atoms with Crippen LogP contribution in [0.1, 0.15) is 44.1 Å². The topological polar surface area (TPSA) is 83.5 Å². The number of benzene rings is 1. The van der Waals surface area contributed by atoms with Gasteiger partial charge in [0, 0.05) is 22.9 Å². The van der Waals surface area contributed by atoms with Crippen LogP contribution in [0.15, 0.2) is 41.8 Å². The zero-order valence-electron chi connectivity index (χ0n) is 14.5. The number of carbonyl (C=O) groups is 1. The second kappa shape index (κ2) is 9.90. The molecule has 0 bridgehead atoms. The van der Waals surface area contributed by atoms with Gasteiger partial charge >= 0.3 is 5.97 Å². The summed E-state index contributed by atoms with van der Waals surface area (Å²) in [4.78, 5) is 10.5. The number of aliphatic carboxylic acids is 1. The number of halogens is 1. The molecular formula is C19H24ClNO4S. The summed E-state index contributed by atoms with van der Waals surface area (Å²) in [5.41, 5.74) is 0.772. The fourth-order valence-corrected chi connectivity index (χ4v) is 4.19. The Morgan fingerprint density at radius 2 is 2.00 bits per heavy atom. The molecule has 0 radical (unpaired) electrons. The maximum atomic E-state index is 12.2. The minimum absolute atomic E-state index is 0.0662. The highest BCUT2D eigenvalue weighted by molar-refractivity contribution is 7.92. The monoisotopic (exact) mass is 397 g/mol. The van der Waals surface area contributed by atoms with E-state index in [4.69, 9.17) is 16.7 Å². The van der Waals surface area contributed by atoms with Crippen LogP contribution in [-0.4, -0.2) is 25.5 Å². The van der Waals surface area contributed by atoms with E-state index in [-0.39, 0.29) is 12.5 Å². The van der Waals surface area contributed by atoms with Crippen molar-refractivity contribution >= 4 is 33.7 Å². The van der Waals surface area contributed by atoms with Crippen molar-refractivity contribution in [2.24, 2.45) is 5.92 Å². The fourth-order valence-electron chi connectivity index (χ4n) is 2.97. The molecule has 1 aromatic rings. The second-order valence-electron chi connectivity index (χ2n) is 6.50. The van der Waals surface area contributed by atoms with Crippen LogP contribution >= 0.6 is 11.6 Å². The number of nitrogens with one attached hydrogen (secondary N) is 1. The van der Waals surface area contributed by atoms with E-state index in [0.717, 1.165) is 31.2 Å². The number of carboxylic acids is 1. The van der Waals surface area contributed by atoms with Crippen molar-refractivity contribution in [3.63, 3.8) is 0 Å². The average Bonchev–Trinajstić information content (AvgIpc) is 3.00. The molecular weight excluding hydrogens is 374 g/mol. The van der Waals surface area contributed by atoms with Gasteiger partial charge in [0.1, 0.15) is 0 Å². The molecule has 26 heavy (non-hydrogen) atoms. The van der Waals surface area contributed by atoms with Gasteiger partial charge in [0.25, 0.3) is 0 Å². The quantitative estimate of drug-likeness (QED) is 0.483. The molecule has 1 aromatic carbocycles. The van der Waals surface area contributed by atoms with E-state index >= 15 is 0 Å². The van der Waals surface area contributed by atoms with Crippen LogP contribution in [-0.2, 0) is 14.8 Å². The Morgan fingerprint density at radius 1 is 1.27 bits per heavy atom. The highest BCUT2D eigenvalue weighted by atomic mass is 35.5. The fraction of sp³-hybridized carbons (Fsp3) is 0.421. The van der Waals surface area contributed by atoms with Crippen LogP contribution in [0.3, 0.4) is 0 Å². The number of hydrogen-bond acceptors (Lipinski definition) is 3. The van der Waals surface area contributed by atoms with Gasteiger partial charge in [-0.25, -0.2) is 13.1 Å². The van der Waals surface area contributed by atoms with Crippen molar-refractivity contribution < 1.29 is 18.3 Å². The molecule has 0 saturated heterocycles. The predicted octanol–water partition coefficient (Wildman–Crippen LogP) is 4.21. The van der Waals surface area contributed by atoms with Crippen LogP contribution in [0.4, 0.5) is 0 Å². The van der Waals surface area contributed by atoms with E-state index in [1.54, 1.807) is 30.3 Å². The summed E-state index contributed by atoms with van der Waals surface area (Å²) in [6.07, 6.45) is 9.69. The SMILES string of the molecule is O=C(O)CCCC=CC1CCC(NS(=O)(=O)C=Cc2ccc(Cl)cc2)C1. The lowest BCUT2D eigenvalue weighted by atomic mass is 10.1. The Hall–Kier alpha value is -1.63. The Bertz CT molecular complexity index is 756. The molecule has 2 unspecified atom stereocenters. The molecule has 142 valence electrons. The summed E-state index contributed by atoms with van der Waals surface area (Å²) < 4.78 is 27.1. The van der Waals surface area contributed by atoms with Crippen molar-refractivity contribution in [1.29, 1.82) is 0 Å². The summed E-state index contributed by atoms with van der Waals surface area (Å²) in [7, 11) is -3.49. The van der Waals surface area contributed by atoms with Crippen LogP contribution in [0.2, 0.25) is 5.02 Å². The Balaban J connectivity index is 1.78. The van der Waals surface area contributed by atoms with Gasteiger partial charge in [-0.05, 0) is 61.8 Å². The maximum absolute atomic E-state index is 12.2. The average molecular weight is 398 g/mol. The van der Waals surface area contributed by atoms with Gasteiger partial charge in [0.2, 0.25) is 10.0 Å². The number of unbranched alkanes of at least 4 members (excludes halogenated alkanes) is 1. The van der Waals surface area contributed by atoms with Gasteiger partial charge in [-0.2, -0.15) is 0 Å². The van der Waals surface area contributed by atoms with Crippen LogP contribution in [0.5, 0.6) is 0 Å². The number of allylic oxidation sites excluding steroid dienone is 2. The van der Waals surface area contributed by atoms with Gasteiger partial charge in [-0.1, -0.05) is 35.9 Å². The third-order valence-corrected chi connectivity index (χ3v) is 5.69. The third-order valence-electron chi connectivity index (χ3n) is 4.28. The third kappa shape index (κ3) is 7.72. The summed E-state index contributed by atoms with van der Waals surface area (Å²) >= 11 is 5.81. The Labute approximate surface area is 159 Å². The number of sulfonamides is 1. The molecule has 0 amide bonds. The summed E-state index contributed by atoms with van der Waals surface area (Å²) in [5, 5.41) is 10.4. The number of hydrogen-bond donors (Lipinski definition) is 2. The highest BCUT2D eigenvalue weighted by Crippen LogP contribution is 2.27. The molecule has 0 aliphatic heterocycles. The molecule has 5 nitrogen and oxygen atoms in total. The maximum Gasteiger partial charge on any atom is 0.303 e. The molecule has 2 N–H and O–H groups in total. The first-order valence-corrected chi connectivity index (χ1v) is 10.6. The number of rotatable bonds is 9. The summed E-state index contributed by atoms with van der Waals surface area (Å²) in [6.45, 7) is 0. The van der Waals surface area contributed by atoms with Gasteiger partial charge in [-0.3, -0.25) is 4.79 Å². The van der Waals surface area contributed by atoms with E-state index in [0.29, 0.717) is 17.4 Å². The summed E-state index contributed by atoms with van der Waals surface area (Å²) in [5.74, 6) is -0.437. The van der Waals surface area contributed by atoms with Crippen molar-refractivity contribution in [1.82, 2.24) is 4.72 Å². The molecule has 1 saturated carbocycles. The second-order valence-corrected chi connectivity index (χ2v) is 8.54. The van der Waals surface area contributed by atoms with Crippen molar-refractivity contribution in [3.05, 3.63) is 52.4 Å². The first-order chi connectivity index (χ1) is 12.3. The summed E-state index contributed by atoms with van der Waals surface area (Å²) in [6, 6.07) is 6.88. The van der Waals surface area contributed by atoms with Gasteiger partial charge in [-0.15, -0.1) is 0 Å². The largest absolute Gasteiger partial charge is 0.481 e. The van der Waals surface area contributed by atoms with E-state index in [1.165, 1.54) is 5.41 Å². The van der Waals surface area contributed by atoms with E-state index in [9.17, 15) is 13.2 Å². The predicted molar refractivity (Wildman–Crippen MR) is 104 cm³/mol. The van der Waals surface area contributed by atoms with Crippen molar-refractivity contribution in [2.75, 3.05) is 0 Å². The molecule has 1 aliphatic carbocycles. The lowest BCUT2D eigenvalue weighted by molar-refractivity contribution is -0.137. The van der Waals surface area contributed by atoms with Crippen LogP contribution < -0.4 is 4.72 Å². The Morgan fingerprint density at radius 3 is 2.69 bits per heavy atom. The number of carboxylic acid groups (broad SMARTS) is 1. The Kier molecular flexibility index (Phi) is 7.87. The zero-order valence-corrected chi connectivity index (χ0v) is 16.0. The highest BCUT2D eigenvalue weighted by Gasteiger charge is 2.25. The van der Waals surface area contributed by atoms with Crippen LogP contribution in [0, 0.1) is 5.92 Å². The van der Waals surface area contributed by atoms with Gasteiger partial charge in [0.15, 0.2) is 0 Å². The van der Waals surface area contributed by atoms with E-state index in [2.05, 4.69) is 10.8 Å². The van der Waals surface area contributed by atoms with E-state index in [1.807, 2.05) is 6.08 Å². The van der Waals surface area contributed by atoms with Crippen LogP contribution in [0.25, 0.3) is 6.08 Å². The minimum atomic E-state index is -3.49.